The third kappa shape index (κ3) is 3.46. The van der Waals surface area contributed by atoms with E-state index in [2.05, 4.69) is 10.3 Å². The van der Waals surface area contributed by atoms with Crippen LogP contribution >= 0.6 is 0 Å². The molecule has 0 aromatic rings. The normalized spacial score (nSPS) is 25.7. The van der Waals surface area contributed by atoms with E-state index in [9.17, 15) is 5.11 Å². The van der Waals surface area contributed by atoms with E-state index in [4.69, 9.17) is 4.74 Å². The van der Waals surface area contributed by atoms with Crippen LogP contribution in [0.4, 0.5) is 0 Å². The molecule has 1 saturated heterocycles. The molecule has 92 valence electrons. The molecule has 0 amide bonds. The van der Waals surface area contributed by atoms with Gasteiger partial charge in [-0.25, -0.2) is 0 Å². The van der Waals surface area contributed by atoms with Gasteiger partial charge in [0, 0.05) is 45.6 Å². The minimum absolute atomic E-state index is 0.590. The van der Waals surface area contributed by atoms with E-state index in [1.54, 1.807) is 0 Å². The van der Waals surface area contributed by atoms with E-state index in [0.29, 0.717) is 19.8 Å². The second-order valence-corrected chi connectivity index (χ2v) is 4.83. The zero-order valence-corrected chi connectivity index (χ0v) is 9.87. The molecule has 0 radical (unpaired) electrons. The van der Waals surface area contributed by atoms with E-state index >= 15 is 0 Å². The summed E-state index contributed by atoms with van der Waals surface area (Å²) in [5.41, 5.74) is -0.590. The van der Waals surface area contributed by atoms with Crippen LogP contribution in [0, 0.1) is 0 Å². The maximum Gasteiger partial charge on any atom is 0.0964 e. The lowest BCUT2D eigenvalue weighted by Crippen LogP contribution is -2.46. The van der Waals surface area contributed by atoms with Gasteiger partial charge in [-0.3, -0.25) is 4.99 Å². The molecule has 1 fully saturated rings. The molecule has 0 unspecified atom stereocenters. The fraction of sp³-hybridized carbons (Fsp3) is 0.917. The molecule has 2 rings (SSSR count). The number of nitrogens with zero attached hydrogens (tertiary/aromatic N) is 1. The van der Waals surface area contributed by atoms with E-state index < -0.39 is 5.60 Å². The Labute approximate surface area is 97.1 Å². The van der Waals surface area contributed by atoms with Gasteiger partial charge in [-0.1, -0.05) is 6.42 Å². The second-order valence-electron chi connectivity index (χ2n) is 4.83. The Morgan fingerprint density at radius 1 is 1.25 bits per heavy atom. The van der Waals surface area contributed by atoms with Crippen molar-refractivity contribution < 1.29 is 9.84 Å². The molecule has 0 saturated carbocycles. The molecule has 0 aromatic carbocycles. The van der Waals surface area contributed by atoms with Gasteiger partial charge in [0.25, 0.3) is 0 Å². The largest absolute Gasteiger partial charge is 0.388 e. The lowest BCUT2D eigenvalue weighted by Gasteiger charge is -2.32. The summed E-state index contributed by atoms with van der Waals surface area (Å²) in [7, 11) is 0. The number of aliphatic hydroxyl groups is 1. The first kappa shape index (κ1) is 11.9. The Bertz CT molecular complexity index is 247. The van der Waals surface area contributed by atoms with Crippen molar-refractivity contribution in [1.29, 1.82) is 0 Å². The molecular weight excluding hydrogens is 204 g/mol. The maximum atomic E-state index is 10.3. The first-order chi connectivity index (χ1) is 7.79. The smallest absolute Gasteiger partial charge is 0.0964 e. The topological polar surface area (TPSA) is 53.8 Å². The molecule has 0 spiro atoms. The van der Waals surface area contributed by atoms with Crippen LogP contribution in [-0.2, 0) is 4.74 Å². The Morgan fingerprint density at radius 2 is 2.06 bits per heavy atom. The highest BCUT2D eigenvalue weighted by Crippen LogP contribution is 2.19. The number of ether oxygens (including phenoxy) is 1. The van der Waals surface area contributed by atoms with Crippen LogP contribution in [0.5, 0.6) is 0 Å². The Kier molecular flexibility index (Phi) is 4.18. The second kappa shape index (κ2) is 5.64. The summed E-state index contributed by atoms with van der Waals surface area (Å²) in [6.45, 7) is 2.90. The van der Waals surface area contributed by atoms with Crippen molar-refractivity contribution in [3.05, 3.63) is 0 Å². The Morgan fingerprint density at radius 3 is 2.88 bits per heavy atom. The number of rotatable bonds is 2. The molecule has 2 N–H and O–H groups in total. The molecule has 16 heavy (non-hydrogen) atoms. The van der Waals surface area contributed by atoms with E-state index in [1.165, 1.54) is 19.3 Å². The predicted octanol–water partition coefficient (Wildman–Crippen LogP) is 1.09. The third-order valence-corrected chi connectivity index (χ3v) is 3.42. The zero-order valence-electron chi connectivity index (χ0n) is 9.87. The summed E-state index contributed by atoms with van der Waals surface area (Å²) in [5, 5.41) is 13.6. The van der Waals surface area contributed by atoms with Crippen molar-refractivity contribution in [2.45, 2.75) is 44.1 Å². The van der Waals surface area contributed by atoms with Crippen LogP contribution in [0.25, 0.3) is 0 Å². The minimum atomic E-state index is -0.590. The van der Waals surface area contributed by atoms with E-state index in [0.717, 1.165) is 31.6 Å². The Balaban J connectivity index is 1.78. The van der Waals surface area contributed by atoms with Crippen molar-refractivity contribution in [2.24, 2.45) is 4.99 Å². The molecule has 0 aliphatic carbocycles. The highest BCUT2D eigenvalue weighted by molar-refractivity contribution is 5.82. The summed E-state index contributed by atoms with van der Waals surface area (Å²) < 4.78 is 5.26. The van der Waals surface area contributed by atoms with Crippen molar-refractivity contribution in [3.8, 4) is 0 Å². The number of hydrogen-bond donors (Lipinski definition) is 2. The molecule has 2 aliphatic heterocycles. The SMILES string of the molecule is OC1(CNC2=NCCCCC2)CCOCC1. The number of aliphatic imine (C=N–C) groups is 1. The first-order valence-corrected chi connectivity index (χ1v) is 6.36. The molecule has 0 aromatic heterocycles. The van der Waals surface area contributed by atoms with Gasteiger partial charge >= 0.3 is 0 Å². The van der Waals surface area contributed by atoms with Crippen LogP contribution in [0.2, 0.25) is 0 Å². The van der Waals surface area contributed by atoms with Gasteiger partial charge in [0.05, 0.1) is 11.4 Å². The summed E-state index contributed by atoms with van der Waals surface area (Å²) in [4.78, 5) is 4.50. The quantitative estimate of drug-likeness (QED) is 0.741. The lowest BCUT2D eigenvalue weighted by atomic mass is 9.94. The van der Waals surface area contributed by atoms with Crippen molar-refractivity contribution in [1.82, 2.24) is 5.32 Å². The average Bonchev–Trinajstić information content (AvgIpc) is 2.56. The number of amidine groups is 1. The molecule has 2 aliphatic rings. The van der Waals surface area contributed by atoms with Gasteiger partial charge in [0.1, 0.15) is 0 Å². The highest BCUT2D eigenvalue weighted by atomic mass is 16.5. The average molecular weight is 226 g/mol. The van der Waals surface area contributed by atoms with Gasteiger partial charge in [-0.2, -0.15) is 0 Å². The fourth-order valence-corrected chi connectivity index (χ4v) is 2.21. The van der Waals surface area contributed by atoms with Gasteiger partial charge in [-0.05, 0) is 12.8 Å². The summed E-state index contributed by atoms with van der Waals surface area (Å²) in [5.74, 6) is 1.08. The minimum Gasteiger partial charge on any atom is -0.388 e. The first-order valence-electron chi connectivity index (χ1n) is 6.36. The van der Waals surface area contributed by atoms with Crippen LogP contribution < -0.4 is 5.32 Å². The van der Waals surface area contributed by atoms with Crippen molar-refractivity contribution >= 4 is 5.84 Å². The monoisotopic (exact) mass is 226 g/mol. The maximum absolute atomic E-state index is 10.3. The Hall–Kier alpha value is -0.610. The number of nitrogens with one attached hydrogen (secondary N) is 1. The third-order valence-electron chi connectivity index (χ3n) is 3.42. The van der Waals surface area contributed by atoms with Gasteiger partial charge < -0.3 is 15.2 Å². The zero-order chi connectivity index (χ0) is 11.3. The van der Waals surface area contributed by atoms with Crippen molar-refractivity contribution in [2.75, 3.05) is 26.3 Å². The van der Waals surface area contributed by atoms with Crippen LogP contribution in [-0.4, -0.2) is 42.8 Å². The van der Waals surface area contributed by atoms with Gasteiger partial charge in [0.2, 0.25) is 0 Å². The lowest BCUT2D eigenvalue weighted by molar-refractivity contribution is -0.0593. The van der Waals surface area contributed by atoms with E-state index in [-0.39, 0.29) is 0 Å². The molecule has 4 nitrogen and oxygen atoms in total. The molecular formula is C12H22N2O2. The summed E-state index contributed by atoms with van der Waals surface area (Å²) in [6.07, 6.45) is 6.18. The van der Waals surface area contributed by atoms with Gasteiger partial charge in [0.15, 0.2) is 0 Å². The molecule has 4 heteroatoms. The fourth-order valence-electron chi connectivity index (χ4n) is 2.21. The highest BCUT2D eigenvalue weighted by Gasteiger charge is 2.29. The summed E-state index contributed by atoms with van der Waals surface area (Å²) >= 11 is 0. The molecule has 2 heterocycles. The summed E-state index contributed by atoms with van der Waals surface area (Å²) in [6, 6.07) is 0. The van der Waals surface area contributed by atoms with E-state index in [1.807, 2.05) is 0 Å². The van der Waals surface area contributed by atoms with Gasteiger partial charge in [-0.15, -0.1) is 0 Å². The molecule has 0 bridgehead atoms. The molecule has 0 atom stereocenters. The standard InChI is InChI=1S/C12H22N2O2/c15-12(5-8-16-9-6-12)10-14-11-4-2-1-3-7-13-11/h15H,1-10H2,(H,13,14). The van der Waals surface area contributed by atoms with Crippen LogP contribution in [0.3, 0.4) is 0 Å². The predicted molar refractivity (Wildman–Crippen MR) is 63.8 cm³/mol. The van der Waals surface area contributed by atoms with Crippen molar-refractivity contribution in [3.63, 3.8) is 0 Å². The number of hydrogen-bond acceptors (Lipinski definition) is 4. The van der Waals surface area contributed by atoms with Crippen LogP contribution in [0.1, 0.15) is 38.5 Å². The van der Waals surface area contributed by atoms with Crippen LogP contribution in [0.15, 0.2) is 4.99 Å².